The van der Waals surface area contributed by atoms with Gasteiger partial charge in [-0.15, -0.1) is 0 Å². The Labute approximate surface area is 241 Å². The van der Waals surface area contributed by atoms with Gasteiger partial charge in [0.05, 0.1) is 35.3 Å². The van der Waals surface area contributed by atoms with Crippen LogP contribution in [0.4, 0.5) is 5.82 Å². The molecule has 0 aromatic carbocycles. The average Bonchev–Trinajstić information content (AvgIpc) is 3.22. The van der Waals surface area contributed by atoms with Gasteiger partial charge in [0.1, 0.15) is 13.0 Å². The molecule has 0 aliphatic heterocycles. The smallest absolute Gasteiger partial charge is 0.343 e. The Morgan fingerprint density at radius 3 is 2.41 bits per heavy atom. The van der Waals surface area contributed by atoms with E-state index in [0.717, 1.165) is 22.3 Å². The fraction of sp³-hybridized carbons (Fsp3) is 0.577. The van der Waals surface area contributed by atoms with Crippen LogP contribution in [-0.2, 0) is 33.7 Å². The maximum absolute atomic E-state index is 12.1. The zero-order chi connectivity index (χ0) is 29.0. The number of aromatic nitrogens is 5. The van der Waals surface area contributed by atoms with Crippen molar-refractivity contribution in [2.24, 2.45) is 4.99 Å². The van der Waals surface area contributed by atoms with E-state index in [4.69, 9.17) is 14.2 Å². The second kappa shape index (κ2) is 12.8. The quantitative estimate of drug-likeness (QED) is 0.115. The first-order valence-electron chi connectivity index (χ1n) is 13.0. The lowest BCUT2D eigenvalue weighted by Gasteiger charge is -2.35. The van der Waals surface area contributed by atoms with Crippen molar-refractivity contribution >= 4 is 44.7 Å². The first kappa shape index (κ1) is 31.8. The topological polar surface area (TPSA) is 110 Å². The van der Waals surface area contributed by atoms with Gasteiger partial charge in [-0.2, -0.15) is 15.0 Å². The Kier molecular flexibility index (Phi) is 10.5. The van der Waals surface area contributed by atoms with Crippen LogP contribution in [0, 0.1) is 6.92 Å². The van der Waals surface area contributed by atoms with Crippen molar-refractivity contribution in [1.82, 2.24) is 24.5 Å². The summed E-state index contributed by atoms with van der Waals surface area (Å²) in [4.78, 5) is 24.3. The zero-order valence-corrected chi connectivity index (χ0v) is 28.5. The summed E-state index contributed by atoms with van der Waals surface area (Å²) in [7, 11) is -3.08. The standard InChI is InChI=1S/C26H42N6O3S2Si2/c1-19-13-21(30-24(29-19)37(5)33)22-16-32(18-34-11-12-38(6,7)8)25(36-22)31-23-15-27-20(14-28-23)17-35-39(9,10)26(2,3)4/h13-16H,11-12,17-18H2,1-10H3/b31-25-. The van der Waals surface area contributed by atoms with E-state index in [1.54, 1.807) is 18.6 Å². The summed E-state index contributed by atoms with van der Waals surface area (Å²) in [5.41, 5.74) is 2.25. The fourth-order valence-corrected chi connectivity index (χ4v) is 6.21. The first-order chi connectivity index (χ1) is 18.0. The minimum Gasteiger partial charge on any atom is -0.609 e. The van der Waals surface area contributed by atoms with Crippen LogP contribution in [0.25, 0.3) is 10.6 Å². The van der Waals surface area contributed by atoms with Crippen LogP contribution in [0.15, 0.2) is 34.8 Å². The van der Waals surface area contributed by atoms with Gasteiger partial charge in [0.25, 0.3) is 0 Å². The monoisotopic (exact) mass is 606 g/mol. The zero-order valence-electron chi connectivity index (χ0n) is 24.9. The minimum absolute atomic E-state index is 0.131. The van der Waals surface area contributed by atoms with Crippen LogP contribution in [0.2, 0.25) is 43.8 Å². The Morgan fingerprint density at radius 2 is 1.82 bits per heavy atom. The molecule has 9 nitrogen and oxygen atoms in total. The van der Waals surface area contributed by atoms with Crippen LogP contribution in [0.1, 0.15) is 32.2 Å². The molecule has 3 rings (SSSR count). The van der Waals surface area contributed by atoms with Gasteiger partial charge in [0.15, 0.2) is 18.9 Å². The highest BCUT2D eigenvalue weighted by Gasteiger charge is 2.37. The lowest BCUT2D eigenvalue weighted by molar-refractivity contribution is 0.0855. The number of aryl methyl sites for hydroxylation is 1. The first-order valence-corrected chi connectivity index (χ1v) is 22.0. The average molecular weight is 607 g/mol. The summed E-state index contributed by atoms with van der Waals surface area (Å²) < 4.78 is 26.3. The predicted molar refractivity (Wildman–Crippen MR) is 164 cm³/mol. The van der Waals surface area contributed by atoms with Crippen molar-refractivity contribution in [3.63, 3.8) is 0 Å². The van der Waals surface area contributed by atoms with E-state index in [1.807, 2.05) is 23.8 Å². The van der Waals surface area contributed by atoms with Gasteiger partial charge in [-0.1, -0.05) is 51.7 Å². The number of rotatable bonds is 11. The molecule has 3 aromatic heterocycles. The molecule has 0 radical (unpaired) electrons. The summed E-state index contributed by atoms with van der Waals surface area (Å²) >= 11 is 0.192. The van der Waals surface area contributed by atoms with Gasteiger partial charge in [-0.05, 0) is 37.2 Å². The largest absolute Gasteiger partial charge is 0.609 e. The third-order valence-corrected chi connectivity index (χ3v) is 14.5. The molecular weight excluding hydrogens is 565 g/mol. The molecule has 0 fully saturated rings. The van der Waals surface area contributed by atoms with E-state index in [9.17, 15) is 4.55 Å². The highest BCUT2D eigenvalue weighted by molar-refractivity contribution is 7.90. The van der Waals surface area contributed by atoms with Crippen LogP contribution < -0.4 is 4.80 Å². The molecule has 1 atom stereocenters. The van der Waals surface area contributed by atoms with Crippen molar-refractivity contribution in [3.8, 4) is 10.6 Å². The number of hydrogen-bond donors (Lipinski definition) is 0. The lowest BCUT2D eigenvalue weighted by atomic mass is 10.2. The summed E-state index contributed by atoms with van der Waals surface area (Å²) in [6.07, 6.45) is 6.95. The van der Waals surface area contributed by atoms with Crippen LogP contribution in [0.5, 0.6) is 0 Å². The second-order valence-corrected chi connectivity index (χ2v) is 25.1. The molecule has 0 spiro atoms. The van der Waals surface area contributed by atoms with Crippen molar-refractivity contribution in [2.75, 3.05) is 12.9 Å². The molecule has 0 aliphatic rings. The normalized spacial score (nSPS) is 14.2. The number of thiazole rings is 1. The third-order valence-electron chi connectivity index (χ3n) is 6.58. The van der Waals surface area contributed by atoms with Gasteiger partial charge >= 0.3 is 5.16 Å². The van der Waals surface area contributed by atoms with Crippen molar-refractivity contribution < 1.29 is 13.7 Å². The molecule has 0 aliphatic carbocycles. The molecule has 0 saturated carbocycles. The Bertz CT molecular complexity index is 1310. The Balaban J connectivity index is 1.89. The van der Waals surface area contributed by atoms with E-state index in [2.05, 4.69) is 73.4 Å². The Hall–Kier alpha value is -1.75. The molecule has 3 heterocycles. The van der Waals surface area contributed by atoms with Crippen molar-refractivity contribution in [1.29, 1.82) is 0 Å². The van der Waals surface area contributed by atoms with Gasteiger partial charge in [0, 0.05) is 37.7 Å². The van der Waals surface area contributed by atoms with E-state index >= 15 is 0 Å². The SMILES string of the molecule is Cc1cc(-c2cn(COCC[Si](C)(C)C)/c(=N/c3cnc(CO[Si](C)(C)C(C)(C)C)cn3)s2)nc([S+](C)[O-])n1. The summed E-state index contributed by atoms with van der Waals surface area (Å²) in [5.74, 6) is 0.504. The van der Waals surface area contributed by atoms with Crippen molar-refractivity contribution in [2.45, 2.75) is 90.0 Å². The molecule has 0 bridgehead atoms. The predicted octanol–water partition coefficient (Wildman–Crippen LogP) is 5.91. The summed E-state index contributed by atoms with van der Waals surface area (Å²) in [6.45, 7) is 21.5. The van der Waals surface area contributed by atoms with Crippen LogP contribution >= 0.6 is 11.3 Å². The van der Waals surface area contributed by atoms with E-state index < -0.39 is 27.6 Å². The summed E-state index contributed by atoms with van der Waals surface area (Å²) in [6, 6.07) is 2.97. The minimum atomic E-state index is -1.88. The van der Waals surface area contributed by atoms with Gasteiger partial charge in [-0.3, -0.25) is 9.55 Å². The Morgan fingerprint density at radius 1 is 1.10 bits per heavy atom. The van der Waals surface area contributed by atoms with Gasteiger partial charge in [0.2, 0.25) is 0 Å². The molecule has 0 amide bonds. The molecule has 39 heavy (non-hydrogen) atoms. The van der Waals surface area contributed by atoms with E-state index in [0.29, 0.717) is 41.4 Å². The molecule has 3 aromatic rings. The van der Waals surface area contributed by atoms with E-state index in [-0.39, 0.29) is 5.04 Å². The molecular formula is C26H42N6O3S2Si2. The van der Waals surface area contributed by atoms with Gasteiger partial charge in [-0.25, -0.2) is 4.98 Å². The van der Waals surface area contributed by atoms with Crippen LogP contribution in [-0.4, -0.2) is 58.3 Å². The third kappa shape index (κ3) is 9.40. The molecule has 0 saturated heterocycles. The highest BCUT2D eigenvalue weighted by Crippen LogP contribution is 2.37. The maximum atomic E-state index is 12.1. The van der Waals surface area contributed by atoms with E-state index in [1.165, 1.54) is 11.3 Å². The highest BCUT2D eigenvalue weighted by atomic mass is 32.2. The van der Waals surface area contributed by atoms with Gasteiger partial charge < -0.3 is 13.7 Å². The second-order valence-electron chi connectivity index (χ2n) is 12.4. The molecule has 1 unspecified atom stereocenters. The number of ether oxygens (including phenoxy) is 1. The number of nitrogens with zero attached hydrogens (tertiary/aromatic N) is 6. The maximum Gasteiger partial charge on any atom is 0.343 e. The van der Waals surface area contributed by atoms with Crippen molar-refractivity contribution in [3.05, 3.63) is 40.8 Å². The summed E-state index contributed by atoms with van der Waals surface area (Å²) in [5, 5.41) is 0.447. The number of hydrogen-bond acceptors (Lipinski definition) is 9. The lowest BCUT2D eigenvalue weighted by Crippen LogP contribution is -2.40. The fourth-order valence-electron chi connectivity index (χ4n) is 3.06. The molecule has 13 heteroatoms. The molecule has 214 valence electrons. The molecule has 0 N–H and O–H groups in total. The van der Waals surface area contributed by atoms with Crippen LogP contribution in [0.3, 0.4) is 0 Å².